The zero-order valence-electron chi connectivity index (χ0n) is 17.5. The predicted molar refractivity (Wildman–Crippen MR) is 117 cm³/mol. The number of likely N-dealkylation sites (tertiary alicyclic amines) is 1. The van der Waals surface area contributed by atoms with E-state index in [4.69, 9.17) is 4.74 Å². The molecule has 0 bridgehead atoms. The van der Waals surface area contributed by atoms with E-state index >= 15 is 0 Å². The summed E-state index contributed by atoms with van der Waals surface area (Å²) in [7, 11) is 0. The lowest BCUT2D eigenvalue weighted by atomic mass is 9.97. The highest BCUT2D eigenvalue weighted by atomic mass is 35.5. The highest BCUT2D eigenvalue weighted by Gasteiger charge is 2.26. The molecule has 2 unspecified atom stereocenters. The fourth-order valence-corrected chi connectivity index (χ4v) is 4.02. The molecule has 2 amide bonds. The van der Waals surface area contributed by atoms with Gasteiger partial charge >= 0.3 is 0 Å². The molecule has 2 aliphatic heterocycles. The first-order chi connectivity index (χ1) is 13.5. The molecule has 2 N–H and O–H groups in total. The van der Waals surface area contributed by atoms with Crippen LogP contribution in [0.15, 0.2) is 18.2 Å². The third kappa shape index (κ3) is 6.61. The molecule has 2 aliphatic rings. The lowest BCUT2D eigenvalue weighted by Gasteiger charge is -2.33. The third-order valence-electron chi connectivity index (χ3n) is 5.94. The maximum atomic E-state index is 12.6. The third-order valence-corrected chi connectivity index (χ3v) is 5.94. The summed E-state index contributed by atoms with van der Waals surface area (Å²) in [5.41, 5.74) is 2.32. The van der Waals surface area contributed by atoms with E-state index in [0.717, 1.165) is 56.6 Å². The van der Waals surface area contributed by atoms with E-state index in [1.165, 1.54) is 5.56 Å². The van der Waals surface area contributed by atoms with Gasteiger partial charge < -0.3 is 20.3 Å². The van der Waals surface area contributed by atoms with Crippen molar-refractivity contribution < 1.29 is 14.3 Å². The number of rotatable bonds is 7. The molecular formula is C22H34ClN3O3. The second-order valence-corrected chi connectivity index (χ2v) is 8.04. The molecule has 6 nitrogen and oxygen atoms in total. The minimum absolute atomic E-state index is 0. The molecule has 0 aromatic heterocycles. The lowest BCUT2D eigenvalue weighted by molar-refractivity contribution is -0.133. The molecule has 29 heavy (non-hydrogen) atoms. The predicted octanol–water partition coefficient (Wildman–Crippen LogP) is 2.60. The monoisotopic (exact) mass is 423 g/mol. The number of piperidine rings is 1. The summed E-state index contributed by atoms with van der Waals surface area (Å²) in [4.78, 5) is 26.7. The first-order valence-electron chi connectivity index (χ1n) is 10.5. The van der Waals surface area contributed by atoms with Crippen LogP contribution in [0.1, 0.15) is 43.2 Å². The minimum Gasteiger partial charge on any atom is -0.493 e. The molecule has 7 heteroatoms. The number of hydrogen-bond donors (Lipinski definition) is 2. The smallest absolute Gasteiger partial charge is 0.237 e. The van der Waals surface area contributed by atoms with Gasteiger partial charge in [0, 0.05) is 19.6 Å². The van der Waals surface area contributed by atoms with Crippen molar-refractivity contribution in [3.8, 4) is 5.75 Å². The van der Waals surface area contributed by atoms with Gasteiger partial charge in [-0.25, -0.2) is 0 Å². The summed E-state index contributed by atoms with van der Waals surface area (Å²) >= 11 is 0. The highest BCUT2D eigenvalue weighted by molar-refractivity contribution is 5.85. The van der Waals surface area contributed by atoms with Crippen molar-refractivity contribution in [2.24, 2.45) is 5.92 Å². The largest absolute Gasteiger partial charge is 0.493 e. The van der Waals surface area contributed by atoms with Crippen molar-refractivity contribution in [3.63, 3.8) is 0 Å². The molecule has 0 spiro atoms. The van der Waals surface area contributed by atoms with Crippen molar-refractivity contribution in [1.29, 1.82) is 0 Å². The summed E-state index contributed by atoms with van der Waals surface area (Å²) < 4.78 is 5.83. The normalized spacial score (nSPS) is 21.4. The Labute approximate surface area is 180 Å². The van der Waals surface area contributed by atoms with Crippen molar-refractivity contribution in [2.45, 2.75) is 52.0 Å². The maximum absolute atomic E-state index is 12.6. The number of carbonyl (C=O) groups is 2. The second-order valence-electron chi connectivity index (χ2n) is 8.04. The summed E-state index contributed by atoms with van der Waals surface area (Å²) in [6, 6.07) is 5.95. The number of carbonyl (C=O) groups excluding carboxylic acids is 2. The Morgan fingerprint density at radius 1 is 1.24 bits per heavy atom. The van der Waals surface area contributed by atoms with E-state index < -0.39 is 0 Å². The lowest BCUT2D eigenvalue weighted by Crippen LogP contribution is -2.46. The Kier molecular flexibility index (Phi) is 9.24. The van der Waals surface area contributed by atoms with Gasteiger partial charge in [0.2, 0.25) is 11.8 Å². The number of ether oxygens (including phenoxy) is 1. The van der Waals surface area contributed by atoms with Crippen molar-refractivity contribution in [1.82, 2.24) is 15.5 Å². The van der Waals surface area contributed by atoms with Crippen LogP contribution in [0.4, 0.5) is 0 Å². The van der Waals surface area contributed by atoms with E-state index in [1.54, 1.807) is 0 Å². The summed E-state index contributed by atoms with van der Waals surface area (Å²) in [6.45, 7) is 7.60. The molecule has 2 atom stereocenters. The van der Waals surface area contributed by atoms with Crippen molar-refractivity contribution in [2.75, 3.05) is 32.8 Å². The Bertz CT molecular complexity index is 692. The number of aryl methyl sites for hydroxylation is 1. The van der Waals surface area contributed by atoms with Crippen molar-refractivity contribution in [3.05, 3.63) is 29.3 Å². The van der Waals surface area contributed by atoms with Crippen LogP contribution in [0.5, 0.6) is 5.75 Å². The van der Waals surface area contributed by atoms with Crippen LogP contribution in [0.3, 0.4) is 0 Å². The van der Waals surface area contributed by atoms with Crippen LogP contribution in [0.2, 0.25) is 0 Å². The highest BCUT2D eigenvalue weighted by Crippen LogP contribution is 2.21. The van der Waals surface area contributed by atoms with E-state index in [0.29, 0.717) is 25.5 Å². The molecule has 1 aromatic carbocycles. The van der Waals surface area contributed by atoms with Crippen LogP contribution in [0.25, 0.3) is 0 Å². The summed E-state index contributed by atoms with van der Waals surface area (Å²) in [5.74, 6) is 1.43. The number of amides is 2. The van der Waals surface area contributed by atoms with Gasteiger partial charge in [0.1, 0.15) is 5.75 Å². The molecule has 0 saturated carbocycles. The molecule has 162 valence electrons. The standard InChI is InChI=1S/C22H33N3O3.ClH/c1-16-6-3-9-20(17(16)2)28-13-10-21(26)25-12-5-7-18(15-25)14-24-22(27)19-8-4-11-23-19;/h3,6,9,18-19,23H,4-5,7-8,10-15H2,1-2H3,(H,24,27);1H. The van der Waals surface area contributed by atoms with Crippen LogP contribution >= 0.6 is 12.4 Å². The summed E-state index contributed by atoms with van der Waals surface area (Å²) in [5, 5.41) is 6.29. The first-order valence-corrected chi connectivity index (χ1v) is 10.5. The van der Waals surface area contributed by atoms with Gasteiger partial charge in [-0.3, -0.25) is 9.59 Å². The van der Waals surface area contributed by atoms with Gasteiger partial charge in [0.05, 0.1) is 19.1 Å². The van der Waals surface area contributed by atoms with E-state index in [9.17, 15) is 9.59 Å². The Morgan fingerprint density at radius 3 is 2.83 bits per heavy atom. The number of hydrogen-bond acceptors (Lipinski definition) is 4. The van der Waals surface area contributed by atoms with Gasteiger partial charge in [-0.1, -0.05) is 12.1 Å². The number of nitrogens with one attached hydrogen (secondary N) is 2. The molecule has 0 radical (unpaired) electrons. The first kappa shape index (κ1) is 23.5. The van der Waals surface area contributed by atoms with Crippen LogP contribution in [-0.4, -0.2) is 55.5 Å². The molecule has 1 aromatic rings. The van der Waals surface area contributed by atoms with Gasteiger partial charge in [-0.05, 0) is 69.2 Å². The van der Waals surface area contributed by atoms with Gasteiger partial charge in [0.25, 0.3) is 0 Å². The SMILES string of the molecule is Cc1cccc(OCCC(=O)N2CCCC(CNC(=O)C3CCCN3)C2)c1C.Cl. The molecule has 3 rings (SSSR count). The number of benzene rings is 1. The van der Waals surface area contributed by atoms with Gasteiger partial charge in [-0.2, -0.15) is 0 Å². The van der Waals surface area contributed by atoms with Crippen LogP contribution in [-0.2, 0) is 9.59 Å². The number of halogens is 1. The maximum Gasteiger partial charge on any atom is 0.237 e. The zero-order valence-corrected chi connectivity index (χ0v) is 18.4. The Balaban J connectivity index is 0.00000300. The quantitative estimate of drug-likeness (QED) is 0.707. The number of nitrogens with zero attached hydrogens (tertiary/aromatic N) is 1. The van der Waals surface area contributed by atoms with E-state index in [-0.39, 0.29) is 30.3 Å². The summed E-state index contributed by atoms with van der Waals surface area (Å²) in [6.07, 6.45) is 4.42. The van der Waals surface area contributed by atoms with E-state index in [1.807, 2.05) is 24.0 Å². The molecule has 0 aliphatic carbocycles. The molecular weight excluding hydrogens is 390 g/mol. The van der Waals surface area contributed by atoms with E-state index in [2.05, 4.69) is 23.6 Å². The average Bonchev–Trinajstić information content (AvgIpc) is 3.24. The van der Waals surface area contributed by atoms with Gasteiger partial charge in [0.15, 0.2) is 0 Å². The molecule has 2 saturated heterocycles. The fraction of sp³-hybridized carbons (Fsp3) is 0.636. The van der Waals surface area contributed by atoms with Crippen molar-refractivity contribution >= 4 is 24.2 Å². The average molecular weight is 424 g/mol. The molecule has 2 fully saturated rings. The van der Waals surface area contributed by atoms with Gasteiger partial charge in [-0.15, -0.1) is 12.4 Å². The van der Waals surface area contributed by atoms with Crippen LogP contribution < -0.4 is 15.4 Å². The van der Waals surface area contributed by atoms with Crippen LogP contribution in [0, 0.1) is 19.8 Å². The Morgan fingerprint density at radius 2 is 2.07 bits per heavy atom. The second kappa shape index (κ2) is 11.4. The topological polar surface area (TPSA) is 70.7 Å². The zero-order chi connectivity index (χ0) is 19.9. The fourth-order valence-electron chi connectivity index (χ4n) is 4.02. The molecule has 2 heterocycles. The minimum atomic E-state index is -0.0384. The Hall–Kier alpha value is -1.79.